The van der Waals surface area contributed by atoms with Crippen molar-refractivity contribution in [1.29, 1.82) is 0 Å². The van der Waals surface area contributed by atoms with E-state index in [1.807, 2.05) is 14.0 Å². The summed E-state index contributed by atoms with van der Waals surface area (Å²) in [6.07, 6.45) is 2.63. The lowest BCUT2D eigenvalue weighted by atomic mass is 10.2. The van der Waals surface area contributed by atoms with Crippen molar-refractivity contribution in [2.75, 3.05) is 26.7 Å². The lowest BCUT2D eigenvalue weighted by molar-refractivity contribution is 0.167. The van der Waals surface area contributed by atoms with E-state index in [1.165, 1.54) is 18.4 Å². The van der Waals surface area contributed by atoms with E-state index in [9.17, 15) is 0 Å². The predicted octanol–water partition coefficient (Wildman–Crippen LogP) is 0.607. The van der Waals surface area contributed by atoms with Gasteiger partial charge in [0.2, 0.25) is 0 Å². The molecule has 3 nitrogen and oxygen atoms in total. The van der Waals surface area contributed by atoms with E-state index in [2.05, 4.69) is 16.8 Å². The lowest BCUT2D eigenvalue weighted by Crippen LogP contribution is -2.35. The zero-order valence-electron chi connectivity index (χ0n) is 9.29. The molecule has 14 heavy (non-hydrogen) atoms. The third-order valence-corrected chi connectivity index (χ3v) is 2.71. The van der Waals surface area contributed by atoms with Gasteiger partial charge >= 0.3 is 0 Å². The molecule has 1 fully saturated rings. The third-order valence-electron chi connectivity index (χ3n) is 2.71. The summed E-state index contributed by atoms with van der Waals surface area (Å²) in [7, 11) is 2.02. The molecular formula is C11H22N2O. The highest BCUT2D eigenvalue weighted by molar-refractivity contribution is 5.01. The molecule has 2 N–H and O–H groups in total. The summed E-state index contributed by atoms with van der Waals surface area (Å²) >= 11 is 0. The first kappa shape index (κ1) is 11.7. The van der Waals surface area contributed by atoms with Gasteiger partial charge in [0.15, 0.2) is 0 Å². The summed E-state index contributed by atoms with van der Waals surface area (Å²) in [5.41, 5.74) is 1.19. The minimum atomic E-state index is 0.208. The molecule has 0 aromatic heterocycles. The summed E-state index contributed by atoms with van der Waals surface area (Å²) in [5.74, 6) is 0. The normalized spacial score (nSPS) is 18.6. The number of likely N-dealkylation sites (N-methyl/N-ethyl adjacent to an activating group) is 1. The van der Waals surface area contributed by atoms with Crippen molar-refractivity contribution in [2.24, 2.45) is 0 Å². The fraction of sp³-hybridized carbons (Fsp3) is 0.818. The Labute approximate surface area is 86.8 Å². The van der Waals surface area contributed by atoms with Crippen molar-refractivity contribution in [3.8, 4) is 0 Å². The van der Waals surface area contributed by atoms with E-state index in [-0.39, 0.29) is 12.6 Å². The van der Waals surface area contributed by atoms with Crippen LogP contribution in [0.4, 0.5) is 0 Å². The Morgan fingerprint density at radius 3 is 2.79 bits per heavy atom. The maximum atomic E-state index is 8.96. The molecule has 1 aliphatic carbocycles. The van der Waals surface area contributed by atoms with E-state index in [0.29, 0.717) is 0 Å². The molecule has 0 aromatic rings. The highest BCUT2D eigenvalue weighted by Gasteiger charge is 2.20. The average molecular weight is 198 g/mol. The van der Waals surface area contributed by atoms with Gasteiger partial charge in [0.1, 0.15) is 0 Å². The van der Waals surface area contributed by atoms with Gasteiger partial charge in [-0.25, -0.2) is 0 Å². The predicted molar refractivity (Wildman–Crippen MR) is 59.3 cm³/mol. The molecule has 1 aliphatic rings. The second-order valence-corrected chi connectivity index (χ2v) is 4.35. The number of aliphatic hydroxyl groups is 1. The van der Waals surface area contributed by atoms with Gasteiger partial charge in [-0.1, -0.05) is 6.58 Å². The Balaban J connectivity index is 2.11. The molecule has 0 heterocycles. The van der Waals surface area contributed by atoms with Crippen LogP contribution < -0.4 is 5.32 Å². The second kappa shape index (κ2) is 5.49. The van der Waals surface area contributed by atoms with Crippen LogP contribution in [-0.2, 0) is 0 Å². The number of aliphatic hydroxyl groups excluding tert-OH is 1. The molecule has 0 bridgehead atoms. The number of rotatable bonds is 7. The topological polar surface area (TPSA) is 35.5 Å². The number of nitrogens with zero attached hydrogens (tertiary/aromatic N) is 1. The molecule has 0 radical (unpaired) electrons. The van der Waals surface area contributed by atoms with E-state index >= 15 is 0 Å². The van der Waals surface area contributed by atoms with Crippen molar-refractivity contribution in [3.05, 3.63) is 12.2 Å². The molecule has 0 spiro atoms. The fourth-order valence-electron chi connectivity index (χ4n) is 1.28. The number of nitrogens with one attached hydrogen (secondary N) is 1. The van der Waals surface area contributed by atoms with Gasteiger partial charge in [-0.2, -0.15) is 0 Å². The fourth-order valence-corrected chi connectivity index (χ4v) is 1.28. The highest BCUT2D eigenvalue weighted by Crippen LogP contribution is 2.18. The van der Waals surface area contributed by atoms with Gasteiger partial charge < -0.3 is 10.4 Å². The molecule has 0 amide bonds. The van der Waals surface area contributed by atoms with E-state index in [0.717, 1.165) is 19.1 Å². The van der Waals surface area contributed by atoms with E-state index < -0.39 is 0 Å². The SMILES string of the molecule is C=C(CNC1CC1)CN(C)C(C)CO. The molecule has 1 atom stereocenters. The molecule has 3 heteroatoms. The van der Waals surface area contributed by atoms with Crippen LogP contribution in [0, 0.1) is 0 Å². The monoisotopic (exact) mass is 198 g/mol. The molecule has 1 rings (SSSR count). The molecule has 0 aromatic carbocycles. The van der Waals surface area contributed by atoms with Crippen LogP contribution in [0.2, 0.25) is 0 Å². The summed E-state index contributed by atoms with van der Waals surface area (Å²) in [4.78, 5) is 2.12. The maximum Gasteiger partial charge on any atom is 0.0584 e. The first-order valence-electron chi connectivity index (χ1n) is 5.34. The van der Waals surface area contributed by atoms with Crippen LogP contribution in [0.1, 0.15) is 19.8 Å². The molecule has 1 unspecified atom stereocenters. The Bertz CT molecular complexity index is 190. The van der Waals surface area contributed by atoms with Crippen LogP contribution in [0.15, 0.2) is 12.2 Å². The van der Waals surface area contributed by atoms with E-state index in [4.69, 9.17) is 5.11 Å². The molecule has 0 saturated heterocycles. The quantitative estimate of drug-likeness (QED) is 0.588. The van der Waals surface area contributed by atoms with Gasteiger partial charge in [0.25, 0.3) is 0 Å². The van der Waals surface area contributed by atoms with E-state index in [1.54, 1.807) is 0 Å². The molecular weight excluding hydrogens is 176 g/mol. The van der Waals surface area contributed by atoms with Crippen molar-refractivity contribution in [3.63, 3.8) is 0 Å². The minimum absolute atomic E-state index is 0.208. The average Bonchev–Trinajstić information content (AvgIpc) is 2.96. The van der Waals surface area contributed by atoms with Crippen molar-refractivity contribution in [1.82, 2.24) is 10.2 Å². The smallest absolute Gasteiger partial charge is 0.0584 e. The minimum Gasteiger partial charge on any atom is -0.395 e. The molecule has 1 saturated carbocycles. The lowest BCUT2D eigenvalue weighted by Gasteiger charge is -2.23. The summed E-state index contributed by atoms with van der Waals surface area (Å²) in [6, 6.07) is 0.958. The largest absolute Gasteiger partial charge is 0.395 e. The van der Waals surface area contributed by atoms with Crippen molar-refractivity contribution < 1.29 is 5.11 Å². The zero-order chi connectivity index (χ0) is 10.6. The first-order valence-corrected chi connectivity index (χ1v) is 5.34. The molecule has 82 valence electrons. The first-order chi connectivity index (χ1) is 6.63. The van der Waals surface area contributed by atoms with Crippen LogP contribution >= 0.6 is 0 Å². The van der Waals surface area contributed by atoms with Gasteiger partial charge in [0.05, 0.1) is 6.61 Å². The van der Waals surface area contributed by atoms with Gasteiger partial charge in [-0.3, -0.25) is 4.90 Å². The van der Waals surface area contributed by atoms with Gasteiger partial charge in [0, 0.05) is 25.2 Å². The van der Waals surface area contributed by atoms with Crippen molar-refractivity contribution >= 4 is 0 Å². The Kier molecular flexibility index (Phi) is 4.58. The third kappa shape index (κ3) is 4.22. The van der Waals surface area contributed by atoms with Crippen LogP contribution in [-0.4, -0.2) is 48.8 Å². The Morgan fingerprint density at radius 2 is 2.29 bits per heavy atom. The number of hydrogen-bond donors (Lipinski definition) is 2. The van der Waals surface area contributed by atoms with Crippen LogP contribution in [0.3, 0.4) is 0 Å². The highest BCUT2D eigenvalue weighted by atomic mass is 16.3. The summed E-state index contributed by atoms with van der Waals surface area (Å²) < 4.78 is 0. The Hall–Kier alpha value is -0.380. The standard InChI is InChI=1S/C11H22N2O/c1-9(6-12-11-4-5-11)7-13(3)10(2)8-14/h10-12,14H,1,4-8H2,2-3H3. The number of hydrogen-bond acceptors (Lipinski definition) is 3. The van der Waals surface area contributed by atoms with Crippen molar-refractivity contribution in [2.45, 2.75) is 31.8 Å². The van der Waals surface area contributed by atoms with Crippen LogP contribution in [0.25, 0.3) is 0 Å². The maximum absolute atomic E-state index is 8.96. The summed E-state index contributed by atoms with van der Waals surface area (Å²) in [5, 5.41) is 12.4. The van der Waals surface area contributed by atoms with Gasteiger partial charge in [-0.05, 0) is 32.4 Å². The summed E-state index contributed by atoms with van der Waals surface area (Å²) in [6.45, 7) is 8.02. The Morgan fingerprint density at radius 1 is 1.64 bits per heavy atom. The molecule has 0 aliphatic heterocycles. The zero-order valence-corrected chi connectivity index (χ0v) is 9.29. The van der Waals surface area contributed by atoms with Crippen LogP contribution in [0.5, 0.6) is 0 Å². The second-order valence-electron chi connectivity index (χ2n) is 4.35. The van der Waals surface area contributed by atoms with Gasteiger partial charge in [-0.15, -0.1) is 0 Å².